The summed E-state index contributed by atoms with van der Waals surface area (Å²) in [6, 6.07) is 0.308. The molecule has 3 aliphatic carbocycles. The molecule has 3 aliphatic rings. The van der Waals surface area contributed by atoms with E-state index in [2.05, 4.69) is 10.6 Å². The highest BCUT2D eigenvalue weighted by molar-refractivity contribution is 5.74. The van der Waals surface area contributed by atoms with Gasteiger partial charge in [0.1, 0.15) is 0 Å². The van der Waals surface area contributed by atoms with Crippen molar-refractivity contribution in [2.45, 2.75) is 63.0 Å². The molecule has 0 saturated heterocycles. The first kappa shape index (κ1) is 12.3. The molecule has 0 spiro atoms. The van der Waals surface area contributed by atoms with Crippen molar-refractivity contribution in [2.75, 3.05) is 6.54 Å². The van der Waals surface area contributed by atoms with Crippen LogP contribution in [0.5, 0.6) is 0 Å². The van der Waals surface area contributed by atoms with Gasteiger partial charge in [0.05, 0.1) is 5.60 Å². The Labute approximate surface area is 109 Å². The van der Waals surface area contributed by atoms with Gasteiger partial charge in [-0.05, 0) is 50.4 Å². The van der Waals surface area contributed by atoms with Crippen molar-refractivity contribution in [1.29, 1.82) is 0 Å². The largest absolute Gasteiger partial charge is 0.388 e. The van der Waals surface area contributed by atoms with Gasteiger partial charge in [-0.1, -0.05) is 12.8 Å². The lowest BCUT2D eigenvalue weighted by Gasteiger charge is -2.24. The van der Waals surface area contributed by atoms with E-state index in [4.69, 9.17) is 0 Å². The van der Waals surface area contributed by atoms with Gasteiger partial charge in [0.2, 0.25) is 0 Å². The summed E-state index contributed by atoms with van der Waals surface area (Å²) >= 11 is 0. The second-order valence-electron chi connectivity index (χ2n) is 6.46. The number of aliphatic hydroxyl groups is 1. The Morgan fingerprint density at radius 1 is 1.17 bits per heavy atom. The smallest absolute Gasteiger partial charge is 0.315 e. The molecule has 3 fully saturated rings. The predicted molar refractivity (Wildman–Crippen MR) is 69.2 cm³/mol. The molecule has 0 unspecified atom stereocenters. The fourth-order valence-corrected chi connectivity index (χ4v) is 3.19. The van der Waals surface area contributed by atoms with Crippen molar-refractivity contribution in [3.05, 3.63) is 0 Å². The molecule has 0 aromatic rings. The van der Waals surface area contributed by atoms with Gasteiger partial charge < -0.3 is 15.7 Å². The Morgan fingerprint density at radius 2 is 1.72 bits per heavy atom. The standard InChI is InChI=1S/C14H24N2O2/c17-13(15-9-14(18)7-1-2-8-14)16-12(10-3-4-10)11-5-6-11/h10-12,18H,1-9H2,(H2,15,16,17). The summed E-state index contributed by atoms with van der Waals surface area (Å²) in [5.41, 5.74) is -0.647. The Hall–Kier alpha value is -0.770. The Bertz CT molecular complexity index is 306. The number of nitrogens with one attached hydrogen (secondary N) is 2. The number of hydrogen-bond acceptors (Lipinski definition) is 2. The number of rotatable bonds is 5. The van der Waals surface area contributed by atoms with E-state index in [1.165, 1.54) is 25.7 Å². The van der Waals surface area contributed by atoms with Crippen molar-refractivity contribution in [1.82, 2.24) is 10.6 Å². The molecule has 0 aliphatic heterocycles. The summed E-state index contributed by atoms with van der Waals surface area (Å²) in [5, 5.41) is 16.2. The molecule has 0 atom stereocenters. The zero-order valence-corrected chi connectivity index (χ0v) is 11.0. The molecule has 102 valence electrons. The maximum atomic E-state index is 11.9. The second kappa shape index (κ2) is 4.72. The molecule has 4 nitrogen and oxygen atoms in total. The van der Waals surface area contributed by atoms with E-state index in [1.807, 2.05) is 0 Å². The minimum absolute atomic E-state index is 0.0841. The van der Waals surface area contributed by atoms with E-state index >= 15 is 0 Å². The lowest BCUT2D eigenvalue weighted by Crippen LogP contribution is -2.49. The highest BCUT2D eigenvalue weighted by Crippen LogP contribution is 2.44. The van der Waals surface area contributed by atoms with Crippen LogP contribution in [-0.4, -0.2) is 29.3 Å². The molecule has 4 heteroatoms. The maximum Gasteiger partial charge on any atom is 0.315 e. The van der Waals surface area contributed by atoms with Gasteiger partial charge in [-0.15, -0.1) is 0 Å². The summed E-state index contributed by atoms with van der Waals surface area (Å²) in [7, 11) is 0. The van der Waals surface area contributed by atoms with Crippen LogP contribution in [0, 0.1) is 11.8 Å². The quantitative estimate of drug-likeness (QED) is 0.698. The minimum Gasteiger partial charge on any atom is -0.388 e. The van der Waals surface area contributed by atoms with Gasteiger partial charge >= 0.3 is 6.03 Å². The summed E-state index contributed by atoms with van der Waals surface area (Å²) < 4.78 is 0. The lowest BCUT2D eigenvalue weighted by molar-refractivity contribution is 0.0499. The van der Waals surface area contributed by atoms with E-state index in [-0.39, 0.29) is 6.03 Å². The van der Waals surface area contributed by atoms with Crippen LogP contribution in [0.4, 0.5) is 4.79 Å². The first-order valence-electron chi connectivity index (χ1n) is 7.43. The van der Waals surface area contributed by atoms with Gasteiger partial charge in [-0.25, -0.2) is 4.79 Å². The van der Waals surface area contributed by atoms with Crippen LogP contribution < -0.4 is 10.6 Å². The molecule has 0 aromatic carbocycles. The molecule has 3 rings (SSSR count). The molecular weight excluding hydrogens is 228 g/mol. The number of amides is 2. The predicted octanol–water partition coefficient (Wildman–Crippen LogP) is 1.78. The van der Waals surface area contributed by atoms with E-state index < -0.39 is 5.60 Å². The molecule has 0 bridgehead atoms. The number of hydrogen-bond donors (Lipinski definition) is 3. The van der Waals surface area contributed by atoms with Gasteiger partial charge in [-0.2, -0.15) is 0 Å². The van der Waals surface area contributed by atoms with Crippen LogP contribution in [0.15, 0.2) is 0 Å². The number of carbonyl (C=O) groups excluding carboxylic acids is 1. The molecular formula is C14H24N2O2. The Morgan fingerprint density at radius 3 is 2.22 bits per heavy atom. The van der Waals surface area contributed by atoms with Crippen molar-refractivity contribution in [2.24, 2.45) is 11.8 Å². The zero-order chi connectivity index (χ0) is 12.6. The lowest BCUT2D eigenvalue weighted by atomic mass is 10.0. The number of carbonyl (C=O) groups is 1. The van der Waals surface area contributed by atoms with E-state index in [0.717, 1.165) is 37.5 Å². The molecule has 2 amide bonds. The van der Waals surface area contributed by atoms with Gasteiger partial charge in [0.15, 0.2) is 0 Å². The average molecular weight is 252 g/mol. The summed E-state index contributed by atoms with van der Waals surface area (Å²) in [6.07, 6.45) is 8.87. The van der Waals surface area contributed by atoms with Crippen LogP contribution >= 0.6 is 0 Å². The third-order valence-electron chi connectivity index (χ3n) is 4.67. The molecule has 3 N–H and O–H groups in total. The van der Waals surface area contributed by atoms with E-state index in [9.17, 15) is 9.90 Å². The van der Waals surface area contributed by atoms with Crippen molar-refractivity contribution < 1.29 is 9.90 Å². The topological polar surface area (TPSA) is 61.4 Å². The third-order valence-corrected chi connectivity index (χ3v) is 4.67. The summed E-state index contributed by atoms with van der Waals surface area (Å²) in [5.74, 6) is 1.44. The SMILES string of the molecule is O=C(NCC1(O)CCCC1)NC(C1CC1)C1CC1. The van der Waals surface area contributed by atoms with Crippen molar-refractivity contribution in [3.63, 3.8) is 0 Å². The molecule has 0 radical (unpaired) electrons. The molecule has 0 aromatic heterocycles. The van der Waals surface area contributed by atoms with Crippen LogP contribution in [0.1, 0.15) is 51.4 Å². The summed E-state index contributed by atoms with van der Waals surface area (Å²) in [6.45, 7) is 0.404. The monoisotopic (exact) mass is 252 g/mol. The van der Waals surface area contributed by atoms with Crippen LogP contribution in [0.25, 0.3) is 0 Å². The highest BCUT2D eigenvalue weighted by Gasteiger charge is 2.42. The van der Waals surface area contributed by atoms with Gasteiger partial charge in [0.25, 0.3) is 0 Å². The summed E-state index contributed by atoms with van der Waals surface area (Å²) in [4.78, 5) is 11.9. The normalized spacial score (nSPS) is 26.3. The molecule has 18 heavy (non-hydrogen) atoms. The zero-order valence-electron chi connectivity index (χ0n) is 11.0. The van der Waals surface area contributed by atoms with Gasteiger partial charge in [0, 0.05) is 12.6 Å². The Kier molecular flexibility index (Phi) is 3.22. The number of urea groups is 1. The van der Waals surface area contributed by atoms with Gasteiger partial charge in [-0.3, -0.25) is 0 Å². The molecule has 3 saturated carbocycles. The Balaban J connectivity index is 1.43. The minimum atomic E-state index is -0.647. The first-order valence-corrected chi connectivity index (χ1v) is 7.43. The first-order chi connectivity index (χ1) is 8.66. The van der Waals surface area contributed by atoms with Crippen LogP contribution in [0.2, 0.25) is 0 Å². The van der Waals surface area contributed by atoms with E-state index in [1.54, 1.807) is 0 Å². The maximum absolute atomic E-state index is 11.9. The fourth-order valence-electron chi connectivity index (χ4n) is 3.19. The molecule has 0 heterocycles. The highest BCUT2D eigenvalue weighted by atomic mass is 16.3. The van der Waals surface area contributed by atoms with Crippen molar-refractivity contribution >= 4 is 6.03 Å². The van der Waals surface area contributed by atoms with Crippen LogP contribution in [0.3, 0.4) is 0 Å². The van der Waals surface area contributed by atoms with Crippen LogP contribution in [-0.2, 0) is 0 Å². The second-order valence-corrected chi connectivity index (χ2v) is 6.46. The van der Waals surface area contributed by atoms with E-state index in [0.29, 0.717) is 12.6 Å². The van der Waals surface area contributed by atoms with Crippen molar-refractivity contribution in [3.8, 4) is 0 Å². The fraction of sp³-hybridized carbons (Fsp3) is 0.929. The third kappa shape index (κ3) is 2.97. The average Bonchev–Trinajstić information content (AvgIpc) is 3.24.